The van der Waals surface area contributed by atoms with E-state index in [1.807, 2.05) is 0 Å². The lowest BCUT2D eigenvalue weighted by Crippen LogP contribution is -2.39. The fourth-order valence-corrected chi connectivity index (χ4v) is 1.23. The van der Waals surface area contributed by atoms with Crippen molar-refractivity contribution in [3.8, 4) is 0 Å². The van der Waals surface area contributed by atoms with Crippen LogP contribution in [-0.4, -0.2) is 44.8 Å². The maximum atomic E-state index is 11.6. The molecular weight excluding hydrogens is 230 g/mol. The van der Waals surface area contributed by atoms with E-state index in [0.717, 1.165) is 4.90 Å². The second-order valence-corrected chi connectivity index (χ2v) is 3.31. The van der Waals surface area contributed by atoms with Gasteiger partial charge in [0, 0.05) is 19.4 Å². The molecule has 1 heterocycles. The van der Waals surface area contributed by atoms with Gasteiger partial charge >= 0.3 is 11.9 Å². The molecule has 0 aliphatic rings. The molecule has 8 nitrogen and oxygen atoms in total. The van der Waals surface area contributed by atoms with Crippen molar-refractivity contribution >= 4 is 17.8 Å². The minimum absolute atomic E-state index is 0.195. The molecule has 0 aliphatic carbocycles. The van der Waals surface area contributed by atoms with Crippen molar-refractivity contribution in [1.29, 1.82) is 0 Å². The summed E-state index contributed by atoms with van der Waals surface area (Å²) in [6.07, 6.45) is 2.69. The molecule has 0 spiro atoms. The van der Waals surface area contributed by atoms with Crippen molar-refractivity contribution in [2.75, 3.05) is 18.0 Å². The Morgan fingerprint density at radius 3 is 2.35 bits per heavy atom. The first-order valence-corrected chi connectivity index (χ1v) is 4.62. The van der Waals surface area contributed by atoms with Crippen LogP contribution in [0.3, 0.4) is 0 Å². The van der Waals surface area contributed by atoms with Gasteiger partial charge in [0.1, 0.15) is 13.1 Å². The number of hydrogen-bond acceptors (Lipinski definition) is 5. The van der Waals surface area contributed by atoms with Gasteiger partial charge in [-0.25, -0.2) is 4.98 Å². The van der Waals surface area contributed by atoms with Gasteiger partial charge in [-0.15, -0.1) is 0 Å². The molecule has 0 unspecified atom stereocenters. The highest BCUT2D eigenvalue weighted by Gasteiger charge is 2.18. The fraction of sp³-hybridized carbons (Fsp3) is 0.333. The summed E-state index contributed by atoms with van der Waals surface area (Å²) in [6.45, 7) is -1.20. The Morgan fingerprint density at radius 1 is 1.35 bits per heavy atom. The smallest absolute Gasteiger partial charge is 0.323 e. The monoisotopic (exact) mass is 241 g/mol. The molecular formula is C9H11N3O5. The molecule has 1 aromatic heterocycles. The third kappa shape index (κ3) is 3.30. The van der Waals surface area contributed by atoms with E-state index in [-0.39, 0.29) is 5.82 Å². The van der Waals surface area contributed by atoms with E-state index in [1.165, 1.54) is 24.0 Å². The highest BCUT2D eigenvalue weighted by atomic mass is 16.4. The van der Waals surface area contributed by atoms with Gasteiger partial charge in [-0.1, -0.05) is 0 Å². The molecule has 0 radical (unpaired) electrons. The maximum absolute atomic E-state index is 11.6. The van der Waals surface area contributed by atoms with Crippen LogP contribution in [0.4, 0.5) is 5.82 Å². The third-order valence-electron chi connectivity index (χ3n) is 1.95. The van der Waals surface area contributed by atoms with Crippen molar-refractivity contribution in [3.63, 3.8) is 0 Å². The molecule has 92 valence electrons. The van der Waals surface area contributed by atoms with E-state index < -0.39 is 30.6 Å². The Bertz CT molecular complexity index is 480. The van der Waals surface area contributed by atoms with Crippen molar-refractivity contribution in [3.05, 3.63) is 22.7 Å². The first kappa shape index (κ1) is 12.7. The van der Waals surface area contributed by atoms with Gasteiger partial charge in [-0.3, -0.25) is 14.4 Å². The zero-order valence-electron chi connectivity index (χ0n) is 9.03. The Morgan fingerprint density at radius 2 is 1.88 bits per heavy atom. The number of rotatable bonds is 5. The topological polar surface area (TPSA) is 113 Å². The summed E-state index contributed by atoms with van der Waals surface area (Å²) in [5, 5.41) is 17.3. The maximum Gasteiger partial charge on any atom is 0.323 e. The predicted molar refractivity (Wildman–Crippen MR) is 57.0 cm³/mol. The zero-order valence-corrected chi connectivity index (χ0v) is 9.03. The van der Waals surface area contributed by atoms with Crippen LogP contribution in [0.1, 0.15) is 0 Å². The van der Waals surface area contributed by atoms with E-state index in [4.69, 9.17) is 10.2 Å². The van der Waals surface area contributed by atoms with Crippen LogP contribution < -0.4 is 10.5 Å². The lowest BCUT2D eigenvalue weighted by atomic mass is 10.4. The van der Waals surface area contributed by atoms with Gasteiger partial charge in [0.05, 0.1) is 0 Å². The predicted octanol–water partition coefficient (Wildman–Crippen LogP) is -1.24. The van der Waals surface area contributed by atoms with E-state index >= 15 is 0 Å². The third-order valence-corrected chi connectivity index (χ3v) is 1.95. The van der Waals surface area contributed by atoms with Gasteiger partial charge in [0.2, 0.25) is 0 Å². The van der Waals surface area contributed by atoms with E-state index in [1.54, 1.807) is 0 Å². The van der Waals surface area contributed by atoms with Crippen molar-refractivity contribution in [1.82, 2.24) is 9.55 Å². The highest BCUT2D eigenvalue weighted by Crippen LogP contribution is 2.02. The Balaban J connectivity index is 3.12. The number of nitrogens with zero attached hydrogens (tertiary/aromatic N) is 3. The van der Waals surface area contributed by atoms with Crippen LogP contribution in [0.5, 0.6) is 0 Å². The average Bonchev–Trinajstić information content (AvgIpc) is 2.19. The standard InChI is InChI=1S/C9H11N3O5/c1-11-3-2-10-8(9(11)17)12(4-6(13)14)5-7(15)16/h2-3H,4-5H2,1H3,(H,13,14)(H,15,16). The minimum atomic E-state index is -1.24. The van der Waals surface area contributed by atoms with Gasteiger partial charge in [0.15, 0.2) is 5.82 Å². The average molecular weight is 241 g/mol. The molecule has 0 aromatic carbocycles. The molecule has 0 aliphatic heterocycles. The number of aromatic nitrogens is 2. The van der Waals surface area contributed by atoms with Crippen LogP contribution in [0.2, 0.25) is 0 Å². The van der Waals surface area contributed by atoms with Gasteiger partial charge in [0.25, 0.3) is 5.56 Å². The number of aryl methyl sites for hydroxylation is 1. The van der Waals surface area contributed by atoms with Crippen molar-refractivity contribution in [2.24, 2.45) is 7.05 Å². The molecule has 17 heavy (non-hydrogen) atoms. The summed E-state index contributed by atoms with van der Waals surface area (Å²) in [5.41, 5.74) is -0.546. The minimum Gasteiger partial charge on any atom is -0.480 e. The first-order chi connectivity index (χ1) is 7.91. The van der Waals surface area contributed by atoms with Crippen molar-refractivity contribution < 1.29 is 19.8 Å². The highest BCUT2D eigenvalue weighted by molar-refractivity contribution is 5.78. The van der Waals surface area contributed by atoms with Crippen LogP contribution in [-0.2, 0) is 16.6 Å². The van der Waals surface area contributed by atoms with E-state index in [2.05, 4.69) is 4.98 Å². The molecule has 0 atom stereocenters. The molecule has 0 saturated heterocycles. The molecule has 0 amide bonds. The van der Waals surface area contributed by atoms with Crippen LogP contribution in [0.25, 0.3) is 0 Å². The summed E-state index contributed by atoms with van der Waals surface area (Å²) in [6, 6.07) is 0. The van der Waals surface area contributed by atoms with Gasteiger partial charge in [-0.2, -0.15) is 0 Å². The van der Waals surface area contributed by atoms with Crippen LogP contribution in [0.15, 0.2) is 17.2 Å². The number of carbonyl (C=O) groups is 2. The SMILES string of the molecule is Cn1ccnc(N(CC(=O)O)CC(=O)O)c1=O. The number of anilines is 1. The number of carboxylic acids is 2. The van der Waals surface area contributed by atoms with E-state index in [0.29, 0.717) is 0 Å². The summed E-state index contributed by atoms with van der Waals surface area (Å²) in [7, 11) is 1.47. The van der Waals surface area contributed by atoms with Gasteiger partial charge in [-0.05, 0) is 0 Å². The molecule has 0 saturated carbocycles. The summed E-state index contributed by atoms with van der Waals surface area (Å²) < 4.78 is 1.19. The normalized spacial score (nSPS) is 9.94. The fourth-order valence-electron chi connectivity index (χ4n) is 1.23. The molecule has 1 rings (SSSR count). The largest absolute Gasteiger partial charge is 0.480 e. The molecule has 1 aromatic rings. The van der Waals surface area contributed by atoms with Gasteiger partial charge < -0.3 is 19.7 Å². The van der Waals surface area contributed by atoms with Crippen LogP contribution >= 0.6 is 0 Å². The van der Waals surface area contributed by atoms with Crippen molar-refractivity contribution in [2.45, 2.75) is 0 Å². The number of carboxylic acid groups (broad SMARTS) is 2. The van der Waals surface area contributed by atoms with E-state index in [9.17, 15) is 14.4 Å². The molecule has 0 bridgehead atoms. The molecule has 2 N–H and O–H groups in total. The second kappa shape index (κ2) is 5.10. The molecule has 8 heteroatoms. The van der Waals surface area contributed by atoms with Crippen LogP contribution in [0, 0.1) is 0 Å². The summed E-state index contributed by atoms with van der Waals surface area (Å²) in [4.78, 5) is 37.4. The summed E-state index contributed by atoms with van der Waals surface area (Å²) in [5.74, 6) is -2.67. The first-order valence-electron chi connectivity index (χ1n) is 4.62. The second-order valence-electron chi connectivity index (χ2n) is 3.31. The molecule has 0 fully saturated rings. The summed E-state index contributed by atoms with van der Waals surface area (Å²) >= 11 is 0. The number of hydrogen-bond donors (Lipinski definition) is 2. The zero-order chi connectivity index (χ0) is 13.0. The Labute approximate surface area is 95.7 Å². The quantitative estimate of drug-likeness (QED) is 0.662. The Kier molecular flexibility index (Phi) is 3.81. The lowest BCUT2D eigenvalue weighted by Gasteiger charge is -2.18. The Hall–Kier alpha value is -2.38. The lowest BCUT2D eigenvalue weighted by molar-refractivity contribution is -0.136. The number of aliphatic carboxylic acids is 2.